The van der Waals surface area contributed by atoms with Crippen LogP contribution < -0.4 is 5.73 Å². The summed E-state index contributed by atoms with van der Waals surface area (Å²) >= 11 is 1.41. The standard InChI is InChI=1S/C7H11N3O2S/c1-2-5-9-10-6(13-5)3-4(8)7(11)12/h4H,2-3,8H2,1H3,(H,11,12). The highest BCUT2D eigenvalue weighted by Gasteiger charge is 2.14. The third-order valence-electron chi connectivity index (χ3n) is 1.52. The molecule has 1 unspecified atom stereocenters. The van der Waals surface area contributed by atoms with Crippen LogP contribution in [0.2, 0.25) is 0 Å². The van der Waals surface area contributed by atoms with Crippen LogP contribution in [0, 0.1) is 0 Å². The largest absolute Gasteiger partial charge is 0.480 e. The second kappa shape index (κ2) is 4.29. The molecule has 13 heavy (non-hydrogen) atoms. The van der Waals surface area contributed by atoms with Gasteiger partial charge in [0.15, 0.2) is 0 Å². The molecule has 72 valence electrons. The molecule has 5 nitrogen and oxygen atoms in total. The van der Waals surface area contributed by atoms with Gasteiger partial charge in [-0.2, -0.15) is 0 Å². The second-order valence-corrected chi connectivity index (χ2v) is 3.74. The molecule has 0 amide bonds. The predicted octanol–water partition coefficient (Wildman–Crippen LogP) is 0.0549. The number of rotatable bonds is 4. The summed E-state index contributed by atoms with van der Waals surface area (Å²) < 4.78 is 0. The van der Waals surface area contributed by atoms with Crippen LogP contribution in [0.3, 0.4) is 0 Å². The van der Waals surface area contributed by atoms with Crippen LogP contribution in [-0.2, 0) is 17.6 Å². The first kappa shape index (κ1) is 10.1. The van der Waals surface area contributed by atoms with Gasteiger partial charge in [0.2, 0.25) is 0 Å². The number of nitrogens with zero attached hydrogens (tertiary/aromatic N) is 2. The molecule has 1 heterocycles. The van der Waals surface area contributed by atoms with Gasteiger partial charge in [-0.05, 0) is 6.42 Å². The molecule has 0 fully saturated rings. The van der Waals surface area contributed by atoms with Crippen molar-refractivity contribution < 1.29 is 9.90 Å². The van der Waals surface area contributed by atoms with Crippen molar-refractivity contribution in [1.29, 1.82) is 0 Å². The van der Waals surface area contributed by atoms with Gasteiger partial charge in [0, 0.05) is 6.42 Å². The highest BCUT2D eigenvalue weighted by atomic mass is 32.1. The molecular formula is C7H11N3O2S. The van der Waals surface area contributed by atoms with E-state index in [4.69, 9.17) is 10.8 Å². The summed E-state index contributed by atoms with van der Waals surface area (Å²) in [6, 6.07) is -0.877. The summed E-state index contributed by atoms with van der Waals surface area (Å²) in [4.78, 5) is 10.4. The van der Waals surface area contributed by atoms with E-state index >= 15 is 0 Å². The van der Waals surface area contributed by atoms with Crippen molar-refractivity contribution >= 4 is 17.3 Å². The average Bonchev–Trinajstić information content (AvgIpc) is 2.52. The first-order valence-electron chi connectivity index (χ1n) is 3.93. The number of nitrogens with two attached hydrogens (primary N) is 1. The fourth-order valence-electron chi connectivity index (χ4n) is 0.789. The van der Waals surface area contributed by atoms with Crippen LogP contribution in [0.1, 0.15) is 16.9 Å². The molecule has 0 aliphatic carbocycles. The number of carboxylic acid groups (broad SMARTS) is 1. The highest BCUT2D eigenvalue weighted by Crippen LogP contribution is 2.11. The summed E-state index contributed by atoms with van der Waals surface area (Å²) in [5.41, 5.74) is 5.34. The first-order chi connectivity index (χ1) is 6.13. The van der Waals surface area contributed by atoms with Gasteiger partial charge in [0.1, 0.15) is 16.1 Å². The molecule has 1 rings (SSSR count). The minimum Gasteiger partial charge on any atom is -0.480 e. The Balaban J connectivity index is 2.58. The van der Waals surface area contributed by atoms with Gasteiger partial charge in [0.25, 0.3) is 0 Å². The molecule has 0 bridgehead atoms. The topological polar surface area (TPSA) is 89.1 Å². The number of aromatic nitrogens is 2. The number of carboxylic acids is 1. The van der Waals surface area contributed by atoms with Crippen molar-refractivity contribution in [3.05, 3.63) is 10.0 Å². The Hall–Kier alpha value is -1.01. The molecule has 0 radical (unpaired) electrons. The van der Waals surface area contributed by atoms with Gasteiger partial charge in [-0.25, -0.2) is 0 Å². The molecule has 0 saturated heterocycles. The van der Waals surface area contributed by atoms with E-state index in [9.17, 15) is 4.79 Å². The summed E-state index contributed by atoms with van der Waals surface area (Å²) in [6.45, 7) is 1.97. The quantitative estimate of drug-likeness (QED) is 0.718. The zero-order valence-corrected chi connectivity index (χ0v) is 8.04. The van der Waals surface area contributed by atoms with E-state index in [0.29, 0.717) is 5.01 Å². The van der Waals surface area contributed by atoms with Crippen molar-refractivity contribution in [3.8, 4) is 0 Å². The van der Waals surface area contributed by atoms with Crippen LogP contribution in [-0.4, -0.2) is 27.3 Å². The molecule has 0 spiro atoms. The van der Waals surface area contributed by atoms with Crippen molar-refractivity contribution in [2.45, 2.75) is 25.8 Å². The molecule has 0 aliphatic heterocycles. The van der Waals surface area contributed by atoms with E-state index in [1.807, 2.05) is 6.92 Å². The molecule has 0 saturated carbocycles. The zero-order valence-electron chi connectivity index (χ0n) is 7.23. The molecule has 0 aliphatic rings. The van der Waals surface area contributed by atoms with Crippen LogP contribution in [0.15, 0.2) is 0 Å². The summed E-state index contributed by atoms with van der Waals surface area (Å²) in [7, 11) is 0. The van der Waals surface area contributed by atoms with Crippen molar-refractivity contribution in [2.24, 2.45) is 5.73 Å². The zero-order chi connectivity index (χ0) is 9.84. The van der Waals surface area contributed by atoms with Gasteiger partial charge in [0.05, 0.1) is 0 Å². The van der Waals surface area contributed by atoms with Crippen LogP contribution >= 0.6 is 11.3 Å². The van der Waals surface area contributed by atoms with Gasteiger partial charge in [-0.3, -0.25) is 4.79 Å². The van der Waals surface area contributed by atoms with E-state index in [0.717, 1.165) is 11.4 Å². The Morgan fingerprint density at radius 2 is 2.23 bits per heavy atom. The number of aliphatic carboxylic acids is 1. The highest BCUT2D eigenvalue weighted by molar-refractivity contribution is 7.11. The lowest BCUT2D eigenvalue weighted by molar-refractivity contribution is -0.138. The van der Waals surface area contributed by atoms with Gasteiger partial charge < -0.3 is 10.8 Å². The third kappa shape index (κ3) is 2.74. The third-order valence-corrected chi connectivity index (χ3v) is 2.61. The molecule has 1 atom stereocenters. The van der Waals surface area contributed by atoms with E-state index in [-0.39, 0.29) is 6.42 Å². The smallest absolute Gasteiger partial charge is 0.320 e. The minimum absolute atomic E-state index is 0.257. The fraction of sp³-hybridized carbons (Fsp3) is 0.571. The monoisotopic (exact) mass is 201 g/mol. The molecule has 1 aromatic heterocycles. The van der Waals surface area contributed by atoms with E-state index in [1.165, 1.54) is 11.3 Å². The van der Waals surface area contributed by atoms with Gasteiger partial charge in [-0.1, -0.05) is 6.92 Å². The molecule has 3 N–H and O–H groups in total. The predicted molar refractivity (Wildman–Crippen MR) is 48.6 cm³/mol. The molecule has 0 aromatic carbocycles. The number of carbonyl (C=O) groups is 1. The number of hydrogen-bond donors (Lipinski definition) is 2. The molecule has 6 heteroatoms. The summed E-state index contributed by atoms with van der Waals surface area (Å²) in [5, 5.41) is 17.8. The lowest BCUT2D eigenvalue weighted by Gasteiger charge is -2.00. The Morgan fingerprint density at radius 1 is 1.62 bits per heavy atom. The minimum atomic E-state index is -1.01. The van der Waals surface area contributed by atoms with Crippen LogP contribution in [0.4, 0.5) is 0 Å². The lowest BCUT2D eigenvalue weighted by atomic mass is 10.2. The van der Waals surface area contributed by atoms with E-state index in [2.05, 4.69) is 10.2 Å². The average molecular weight is 201 g/mol. The van der Waals surface area contributed by atoms with Gasteiger partial charge in [-0.15, -0.1) is 21.5 Å². The molecular weight excluding hydrogens is 190 g/mol. The maximum absolute atomic E-state index is 10.4. The lowest BCUT2D eigenvalue weighted by Crippen LogP contribution is -2.32. The SMILES string of the molecule is CCc1nnc(CC(N)C(=O)O)s1. The number of hydrogen-bond acceptors (Lipinski definition) is 5. The Morgan fingerprint density at radius 3 is 2.69 bits per heavy atom. The summed E-state index contributed by atoms with van der Waals surface area (Å²) in [5.74, 6) is -1.01. The van der Waals surface area contributed by atoms with Crippen molar-refractivity contribution in [1.82, 2.24) is 10.2 Å². The maximum atomic E-state index is 10.4. The van der Waals surface area contributed by atoms with Crippen molar-refractivity contribution in [2.75, 3.05) is 0 Å². The van der Waals surface area contributed by atoms with Crippen LogP contribution in [0.5, 0.6) is 0 Å². The second-order valence-electron chi connectivity index (χ2n) is 2.59. The van der Waals surface area contributed by atoms with Crippen LogP contribution in [0.25, 0.3) is 0 Å². The first-order valence-corrected chi connectivity index (χ1v) is 4.74. The Kier molecular flexibility index (Phi) is 3.32. The number of aryl methyl sites for hydroxylation is 1. The van der Waals surface area contributed by atoms with Crippen molar-refractivity contribution in [3.63, 3.8) is 0 Å². The van der Waals surface area contributed by atoms with Gasteiger partial charge >= 0.3 is 5.97 Å². The normalized spacial score (nSPS) is 12.8. The Bertz CT molecular complexity index is 300. The van der Waals surface area contributed by atoms with E-state index in [1.54, 1.807) is 0 Å². The maximum Gasteiger partial charge on any atom is 0.320 e. The Labute approximate surface area is 79.6 Å². The molecule has 1 aromatic rings. The fourth-order valence-corrected chi connectivity index (χ4v) is 1.63. The van der Waals surface area contributed by atoms with E-state index < -0.39 is 12.0 Å². The summed E-state index contributed by atoms with van der Waals surface area (Å²) in [6.07, 6.45) is 1.08.